The number of anilines is 1. The predicted octanol–water partition coefficient (Wildman–Crippen LogP) is 3.55. The molecule has 1 aliphatic carbocycles. The molecule has 1 aliphatic heterocycles. The number of nitrogens with one attached hydrogen (secondary N) is 1. The first-order valence-corrected chi connectivity index (χ1v) is 7.39. The van der Waals surface area contributed by atoms with Crippen molar-refractivity contribution in [3.8, 4) is 0 Å². The molecule has 0 amide bonds. The number of ether oxygens (including phenoxy) is 1. The van der Waals surface area contributed by atoms with E-state index in [4.69, 9.17) is 4.74 Å². The molecule has 1 fully saturated rings. The van der Waals surface area contributed by atoms with E-state index in [1.807, 2.05) is 0 Å². The highest BCUT2D eigenvalue weighted by atomic mass is 16.5. The molecule has 1 unspecified atom stereocenters. The van der Waals surface area contributed by atoms with E-state index in [0.717, 1.165) is 13.2 Å². The fourth-order valence-corrected chi connectivity index (χ4v) is 3.12. The second-order valence-electron chi connectivity index (χ2n) is 5.54. The first-order valence-electron chi connectivity index (χ1n) is 7.39. The van der Waals surface area contributed by atoms with Crippen molar-refractivity contribution >= 4 is 5.69 Å². The van der Waals surface area contributed by atoms with Crippen LogP contribution in [0.1, 0.15) is 43.2 Å². The zero-order valence-corrected chi connectivity index (χ0v) is 11.1. The second kappa shape index (κ2) is 5.75. The van der Waals surface area contributed by atoms with Crippen molar-refractivity contribution in [2.24, 2.45) is 0 Å². The summed E-state index contributed by atoms with van der Waals surface area (Å²) in [6, 6.07) is 6.87. The fraction of sp³-hybridized carbons (Fsp3) is 0.625. The Hall–Kier alpha value is -1.02. The smallest absolute Gasteiger partial charge is 0.0576 e. The summed E-state index contributed by atoms with van der Waals surface area (Å²) >= 11 is 0. The van der Waals surface area contributed by atoms with Crippen LogP contribution in [0.15, 0.2) is 18.2 Å². The van der Waals surface area contributed by atoms with Gasteiger partial charge in [0.05, 0.1) is 6.10 Å². The van der Waals surface area contributed by atoms with Crippen molar-refractivity contribution in [3.05, 3.63) is 29.3 Å². The first kappa shape index (κ1) is 12.0. The molecular weight excluding hydrogens is 222 g/mol. The fourth-order valence-electron chi connectivity index (χ4n) is 3.12. The van der Waals surface area contributed by atoms with Gasteiger partial charge in [-0.3, -0.25) is 0 Å². The highest BCUT2D eigenvalue weighted by Crippen LogP contribution is 2.25. The molecule has 2 nitrogen and oxygen atoms in total. The Balaban J connectivity index is 1.42. The number of aryl methyl sites for hydroxylation is 2. The Kier molecular flexibility index (Phi) is 3.84. The molecule has 0 spiro atoms. The van der Waals surface area contributed by atoms with Crippen LogP contribution in [0.5, 0.6) is 0 Å². The van der Waals surface area contributed by atoms with Crippen LogP contribution in [-0.4, -0.2) is 19.3 Å². The quantitative estimate of drug-likeness (QED) is 0.801. The lowest BCUT2D eigenvalue weighted by Gasteiger charge is -2.11. The normalized spacial score (nSPS) is 22.1. The van der Waals surface area contributed by atoms with E-state index in [0.29, 0.717) is 6.10 Å². The molecule has 2 aliphatic rings. The van der Waals surface area contributed by atoms with Crippen LogP contribution >= 0.6 is 0 Å². The Morgan fingerprint density at radius 3 is 3.00 bits per heavy atom. The molecule has 0 aromatic heterocycles. The average Bonchev–Trinajstić information content (AvgIpc) is 3.05. The number of fused-ring (bicyclic) bond motifs is 1. The minimum Gasteiger partial charge on any atom is -0.385 e. The minimum absolute atomic E-state index is 0.534. The van der Waals surface area contributed by atoms with E-state index in [-0.39, 0.29) is 0 Å². The lowest BCUT2D eigenvalue weighted by molar-refractivity contribution is 0.103. The molecule has 1 aromatic carbocycles. The summed E-state index contributed by atoms with van der Waals surface area (Å²) in [4.78, 5) is 0. The molecule has 1 heterocycles. The van der Waals surface area contributed by atoms with Gasteiger partial charge < -0.3 is 10.1 Å². The Morgan fingerprint density at radius 2 is 2.11 bits per heavy atom. The van der Waals surface area contributed by atoms with Gasteiger partial charge in [0, 0.05) is 18.8 Å². The molecule has 1 aromatic rings. The number of rotatable bonds is 5. The van der Waals surface area contributed by atoms with E-state index in [2.05, 4.69) is 23.5 Å². The van der Waals surface area contributed by atoms with Crippen LogP contribution in [0.3, 0.4) is 0 Å². The third-order valence-electron chi connectivity index (χ3n) is 4.15. The average molecular weight is 245 g/mol. The van der Waals surface area contributed by atoms with Gasteiger partial charge in [0.1, 0.15) is 0 Å². The van der Waals surface area contributed by atoms with Gasteiger partial charge in [0.15, 0.2) is 0 Å². The van der Waals surface area contributed by atoms with Gasteiger partial charge in [-0.15, -0.1) is 0 Å². The van der Waals surface area contributed by atoms with E-state index < -0.39 is 0 Å². The Morgan fingerprint density at radius 1 is 1.17 bits per heavy atom. The van der Waals surface area contributed by atoms with Crippen molar-refractivity contribution in [2.75, 3.05) is 18.5 Å². The van der Waals surface area contributed by atoms with Crippen LogP contribution in [-0.2, 0) is 17.6 Å². The second-order valence-corrected chi connectivity index (χ2v) is 5.54. The maximum atomic E-state index is 5.64. The maximum absolute atomic E-state index is 5.64. The SMILES string of the molecule is c1cc2c(cc1NCCCC1CCCO1)CCC2. The molecule has 0 bridgehead atoms. The predicted molar refractivity (Wildman–Crippen MR) is 75.2 cm³/mol. The van der Waals surface area contributed by atoms with Crippen LogP contribution in [0, 0.1) is 0 Å². The van der Waals surface area contributed by atoms with Crippen molar-refractivity contribution in [3.63, 3.8) is 0 Å². The molecular formula is C16H23NO. The Labute approximate surface area is 110 Å². The summed E-state index contributed by atoms with van der Waals surface area (Å²) in [5.74, 6) is 0. The van der Waals surface area contributed by atoms with Crippen LogP contribution < -0.4 is 5.32 Å². The van der Waals surface area contributed by atoms with Crippen molar-refractivity contribution in [1.29, 1.82) is 0 Å². The summed E-state index contributed by atoms with van der Waals surface area (Å²) < 4.78 is 5.64. The molecule has 0 saturated carbocycles. The number of benzene rings is 1. The molecule has 98 valence electrons. The summed E-state index contributed by atoms with van der Waals surface area (Å²) in [7, 11) is 0. The van der Waals surface area contributed by atoms with E-state index in [1.165, 1.54) is 50.6 Å². The van der Waals surface area contributed by atoms with Crippen LogP contribution in [0.2, 0.25) is 0 Å². The molecule has 3 rings (SSSR count). The lowest BCUT2D eigenvalue weighted by Crippen LogP contribution is -2.09. The van der Waals surface area contributed by atoms with E-state index >= 15 is 0 Å². The molecule has 1 atom stereocenters. The van der Waals surface area contributed by atoms with Gasteiger partial charge in [-0.25, -0.2) is 0 Å². The monoisotopic (exact) mass is 245 g/mol. The largest absolute Gasteiger partial charge is 0.385 e. The van der Waals surface area contributed by atoms with Crippen molar-refractivity contribution in [2.45, 2.75) is 51.0 Å². The molecule has 2 heteroatoms. The van der Waals surface area contributed by atoms with E-state index in [1.54, 1.807) is 11.1 Å². The van der Waals surface area contributed by atoms with Gasteiger partial charge in [-0.2, -0.15) is 0 Å². The summed E-state index contributed by atoms with van der Waals surface area (Å²) in [6.07, 6.45) is 9.33. The van der Waals surface area contributed by atoms with Gasteiger partial charge in [0.2, 0.25) is 0 Å². The Bertz CT molecular complexity index is 396. The van der Waals surface area contributed by atoms with Gasteiger partial charge >= 0.3 is 0 Å². The standard InChI is InChI=1S/C16H23NO/c1-4-13-8-9-15(12-14(13)5-1)17-10-2-6-16-7-3-11-18-16/h8-9,12,16-17H,1-7,10-11H2. The summed E-state index contributed by atoms with van der Waals surface area (Å²) in [5, 5.41) is 3.54. The van der Waals surface area contributed by atoms with E-state index in [9.17, 15) is 0 Å². The molecule has 1 N–H and O–H groups in total. The highest BCUT2D eigenvalue weighted by Gasteiger charge is 2.14. The third kappa shape index (κ3) is 2.86. The number of hydrogen-bond acceptors (Lipinski definition) is 2. The van der Waals surface area contributed by atoms with Gasteiger partial charge in [0.25, 0.3) is 0 Å². The third-order valence-corrected chi connectivity index (χ3v) is 4.15. The molecule has 0 radical (unpaired) electrons. The van der Waals surface area contributed by atoms with Gasteiger partial charge in [-0.1, -0.05) is 6.07 Å². The van der Waals surface area contributed by atoms with Crippen LogP contribution in [0.25, 0.3) is 0 Å². The van der Waals surface area contributed by atoms with Crippen molar-refractivity contribution in [1.82, 2.24) is 0 Å². The minimum atomic E-state index is 0.534. The molecule has 1 saturated heterocycles. The highest BCUT2D eigenvalue weighted by molar-refractivity contribution is 5.50. The zero-order valence-electron chi connectivity index (χ0n) is 11.1. The summed E-state index contributed by atoms with van der Waals surface area (Å²) in [5.41, 5.74) is 4.40. The van der Waals surface area contributed by atoms with Crippen LogP contribution in [0.4, 0.5) is 5.69 Å². The topological polar surface area (TPSA) is 21.3 Å². The molecule has 18 heavy (non-hydrogen) atoms. The van der Waals surface area contributed by atoms with Gasteiger partial charge in [-0.05, 0) is 68.2 Å². The zero-order chi connectivity index (χ0) is 12.2. The summed E-state index contributed by atoms with van der Waals surface area (Å²) in [6.45, 7) is 2.04. The maximum Gasteiger partial charge on any atom is 0.0576 e. The lowest BCUT2D eigenvalue weighted by atomic mass is 10.1. The number of hydrogen-bond donors (Lipinski definition) is 1. The van der Waals surface area contributed by atoms with Crippen molar-refractivity contribution < 1.29 is 4.74 Å². The first-order chi connectivity index (χ1) is 8.92.